The van der Waals surface area contributed by atoms with E-state index in [-0.39, 0.29) is 5.54 Å². The van der Waals surface area contributed by atoms with E-state index in [1.807, 2.05) is 0 Å². The van der Waals surface area contributed by atoms with Crippen molar-refractivity contribution >= 4 is 0 Å². The van der Waals surface area contributed by atoms with Crippen LogP contribution in [-0.2, 0) is 0 Å². The zero-order valence-electron chi connectivity index (χ0n) is 10.0. The highest BCUT2D eigenvalue weighted by Gasteiger charge is 2.34. The fourth-order valence-corrected chi connectivity index (χ4v) is 2.98. The fraction of sp³-hybridized carbons (Fsp3) is 1.00. The first-order chi connectivity index (χ1) is 6.73. The summed E-state index contributed by atoms with van der Waals surface area (Å²) in [6.07, 6.45) is 12.0. The first-order valence-electron chi connectivity index (χ1n) is 6.52. The maximum absolute atomic E-state index is 6.55. The minimum absolute atomic E-state index is 0.197. The molecule has 0 bridgehead atoms. The van der Waals surface area contributed by atoms with Crippen LogP contribution in [-0.4, -0.2) is 5.54 Å². The summed E-state index contributed by atoms with van der Waals surface area (Å²) in [5.74, 6) is 0.799. The van der Waals surface area contributed by atoms with E-state index in [4.69, 9.17) is 5.73 Å². The highest BCUT2D eigenvalue weighted by atomic mass is 14.8. The van der Waals surface area contributed by atoms with Gasteiger partial charge in [0.2, 0.25) is 0 Å². The lowest BCUT2D eigenvalue weighted by molar-refractivity contribution is 0.167. The van der Waals surface area contributed by atoms with Crippen molar-refractivity contribution in [2.24, 2.45) is 11.7 Å². The molecular weight excluding hydrogens is 170 g/mol. The normalized spacial score (nSPS) is 33.2. The maximum Gasteiger partial charge on any atom is 0.0182 e. The number of unbranched alkanes of at least 4 members (excludes halogenated alkanes) is 2. The van der Waals surface area contributed by atoms with Gasteiger partial charge < -0.3 is 5.73 Å². The molecule has 14 heavy (non-hydrogen) atoms. The van der Waals surface area contributed by atoms with Gasteiger partial charge in [0.25, 0.3) is 0 Å². The lowest BCUT2D eigenvalue weighted by Gasteiger charge is -2.41. The Morgan fingerprint density at radius 3 is 2.64 bits per heavy atom. The summed E-state index contributed by atoms with van der Waals surface area (Å²) in [5.41, 5.74) is 6.75. The minimum atomic E-state index is 0.197. The van der Waals surface area contributed by atoms with E-state index in [0.717, 1.165) is 5.92 Å². The SMILES string of the molecule is CCCCCC1(N)CCCCC1CC. The average Bonchev–Trinajstić information content (AvgIpc) is 2.19. The van der Waals surface area contributed by atoms with Gasteiger partial charge in [-0.15, -0.1) is 0 Å². The summed E-state index contributed by atoms with van der Waals surface area (Å²) in [5, 5.41) is 0. The molecule has 1 fully saturated rings. The molecule has 0 amide bonds. The largest absolute Gasteiger partial charge is 0.325 e. The molecular formula is C13H27N. The van der Waals surface area contributed by atoms with Gasteiger partial charge in [-0.1, -0.05) is 52.4 Å². The molecule has 0 aromatic rings. The van der Waals surface area contributed by atoms with Crippen LogP contribution in [0.1, 0.15) is 71.6 Å². The Morgan fingerprint density at radius 1 is 1.21 bits per heavy atom. The summed E-state index contributed by atoms with van der Waals surface area (Å²) in [6, 6.07) is 0. The summed E-state index contributed by atoms with van der Waals surface area (Å²) in [7, 11) is 0. The molecule has 0 aromatic carbocycles. The molecule has 84 valence electrons. The van der Waals surface area contributed by atoms with Gasteiger partial charge in [0.05, 0.1) is 0 Å². The minimum Gasteiger partial charge on any atom is -0.325 e. The molecule has 1 aliphatic carbocycles. The van der Waals surface area contributed by atoms with Gasteiger partial charge in [-0.25, -0.2) is 0 Å². The number of hydrogen-bond acceptors (Lipinski definition) is 1. The van der Waals surface area contributed by atoms with E-state index in [1.165, 1.54) is 57.8 Å². The molecule has 1 aliphatic rings. The van der Waals surface area contributed by atoms with Crippen molar-refractivity contribution in [3.8, 4) is 0 Å². The number of nitrogens with two attached hydrogens (primary N) is 1. The zero-order valence-corrected chi connectivity index (χ0v) is 10.0. The molecule has 2 unspecified atom stereocenters. The molecule has 1 rings (SSSR count). The third kappa shape index (κ3) is 2.98. The monoisotopic (exact) mass is 197 g/mol. The first-order valence-corrected chi connectivity index (χ1v) is 6.52. The van der Waals surface area contributed by atoms with Gasteiger partial charge in [-0.3, -0.25) is 0 Å². The fourth-order valence-electron chi connectivity index (χ4n) is 2.98. The van der Waals surface area contributed by atoms with Crippen LogP contribution in [0.5, 0.6) is 0 Å². The van der Waals surface area contributed by atoms with Crippen LogP contribution in [0.3, 0.4) is 0 Å². The summed E-state index contributed by atoms with van der Waals surface area (Å²) >= 11 is 0. The first kappa shape index (κ1) is 12.0. The van der Waals surface area contributed by atoms with Gasteiger partial charge in [-0.2, -0.15) is 0 Å². The van der Waals surface area contributed by atoms with E-state index < -0.39 is 0 Å². The van der Waals surface area contributed by atoms with Crippen molar-refractivity contribution in [1.29, 1.82) is 0 Å². The van der Waals surface area contributed by atoms with Crippen LogP contribution in [0, 0.1) is 5.92 Å². The van der Waals surface area contributed by atoms with E-state index in [9.17, 15) is 0 Å². The second kappa shape index (κ2) is 5.75. The van der Waals surface area contributed by atoms with Crippen LogP contribution < -0.4 is 5.73 Å². The smallest absolute Gasteiger partial charge is 0.0182 e. The van der Waals surface area contributed by atoms with Crippen LogP contribution in [0.15, 0.2) is 0 Å². The highest BCUT2D eigenvalue weighted by molar-refractivity contribution is 4.93. The molecule has 1 nitrogen and oxygen atoms in total. The Hall–Kier alpha value is -0.0400. The van der Waals surface area contributed by atoms with Crippen LogP contribution >= 0.6 is 0 Å². The van der Waals surface area contributed by atoms with Crippen LogP contribution in [0.25, 0.3) is 0 Å². The predicted octanol–water partition coefficient (Wildman–Crippen LogP) is 3.86. The molecule has 0 spiro atoms. The van der Waals surface area contributed by atoms with E-state index >= 15 is 0 Å². The summed E-state index contributed by atoms with van der Waals surface area (Å²) < 4.78 is 0. The third-order valence-electron chi connectivity index (χ3n) is 4.00. The second-order valence-electron chi connectivity index (χ2n) is 5.04. The van der Waals surface area contributed by atoms with E-state index in [0.29, 0.717) is 0 Å². The average molecular weight is 197 g/mol. The standard InChI is InChI=1S/C13H27N/c1-3-5-7-10-13(14)11-8-6-9-12(13)4-2/h12H,3-11,14H2,1-2H3. The molecule has 1 heteroatoms. The molecule has 2 atom stereocenters. The van der Waals surface area contributed by atoms with Gasteiger partial charge in [0.1, 0.15) is 0 Å². The molecule has 0 heterocycles. The maximum atomic E-state index is 6.55. The molecule has 0 aromatic heterocycles. The van der Waals surface area contributed by atoms with Crippen molar-refractivity contribution in [1.82, 2.24) is 0 Å². The predicted molar refractivity (Wildman–Crippen MR) is 63.3 cm³/mol. The Balaban J connectivity index is 2.41. The van der Waals surface area contributed by atoms with Crippen molar-refractivity contribution in [3.63, 3.8) is 0 Å². The van der Waals surface area contributed by atoms with Gasteiger partial charge in [0, 0.05) is 5.54 Å². The lowest BCUT2D eigenvalue weighted by Crippen LogP contribution is -2.48. The summed E-state index contributed by atoms with van der Waals surface area (Å²) in [4.78, 5) is 0. The van der Waals surface area contributed by atoms with Crippen LogP contribution in [0.4, 0.5) is 0 Å². The van der Waals surface area contributed by atoms with Crippen LogP contribution in [0.2, 0.25) is 0 Å². The van der Waals surface area contributed by atoms with Crippen molar-refractivity contribution in [2.75, 3.05) is 0 Å². The Labute approximate surface area is 89.5 Å². The van der Waals surface area contributed by atoms with Crippen molar-refractivity contribution < 1.29 is 0 Å². The molecule has 0 saturated heterocycles. The molecule has 0 radical (unpaired) electrons. The highest BCUT2D eigenvalue weighted by Crippen LogP contribution is 2.37. The van der Waals surface area contributed by atoms with Gasteiger partial charge >= 0.3 is 0 Å². The second-order valence-corrected chi connectivity index (χ2v) is 5.04. The third-order valence-corrected chi connectivity index (χ3v) is 4.00. The van der Waals surface area contributed by atoms with E-state index in [1.54, 1.807) is 0 Å². The van der Waals surface area contributed by atoms with Gasteiger partial charge in [-0.05, 0) is 25.2 Å². The van der Waals surface area contributed by atoms with Crippen molar-refractivity contribution in [3.05, 3.63) is 0 Å². The Morgan fingerprint density at radius 2 is 2.00 bits per heavy atom. The number of hydrogen-bond donors (Lipinski definition) is 1. The lowest BCUT2D eigenvalue weighted by atomic mass is 9.69. The molecule has 0 aliphatic heterocycles. The Kier molecular flexibility index (Phi) is 4.94. The number of rotatable bonds is 5. The zero-order chi connectivity index (χ0) is 10.4. The molecule has 1 saturated carbocycles. The van der Waals surface area contributed by atoms with Gasteiger partial charge in [0.15, 0.2) is 0 Å². The molecule has 2 N–H and O–H groups in total. The van der Waals surface area contributed by atoms with E-state index in [2.05, 4.69) is 13.8 Å². The topological polar surface area (TPSA) is 26.0 Å². The van der Waals surface area contributed by atoms with Crippen molar-refractivity contribution in [2.45, 2.75) is 77.2 Å². The quantitative estimate of drug-likeness (QED) is 0.665. The summed E-state index contributed by atoms with van der Waals surface area (Å²) in [6.45, 7) is 4.57. The Bertz CT molecular complexity index is 155.